The molecule has 0 bridgehead atoms. The number of benzene rings is 1. The van der Waals surface area contributed by atoms with Gasteiger partial charge in [0.1, 0.15) is 0 Å². The first kappa shape index (κ1) is 8.94. The van der Waals surface area contributed by atoms with Crippen molar-refractivity contribution in [2.75, 3.05) is 5.75 Å². The van der Waals surface area contributed by atoms with Crippen molar-refractivity contribution in [3.63, 3.8) is 0 Å². The second-order valence-corrected chi connectivity index (χ2v) is 4.63. The number of rotatable bonds is 2. The predicted octanol–water partition coefficient (Wildman–Crippen LogP) is 2.58. The average Bonchev–Trinajstić information content (AvgIpc) is 2.04. The van der Waals surface area contributed by atoms with Gasteiger partial charge in [0, 0.05) is 10.2 Å². The topological polar surface area (TPSA) is 17.1 Å². The van der Waals surface area contributed by atoms with Crippen molar-refractivity contribution in [1.82, 2.24) is 0 Å². The molecule has 1 atom stereocenters. The van der Waals surface area contributed by atoms with E-state index in [-0.39, 0.29) is 0 Å². The fourth-order valence-electron chi connectivity index (χ4n) is 0.785. The van der Waals surface area contributed by atoms with Crippen LogP contribution in [0.3, 0.4) is 0 Å². The molecule has 0 radical (unpaired) electrons. The molecule has 1 unspecified atom stereocenters. The molecule has 0 fully saturated rings. The highest BCUT2D eigenvalue weighted by Crippen LogP contribution is 2.19. The molecule has 0 saturated heterocycles. The van der Waals surface area contributed by atoms with Gasteiger partial charge in [0.2, 0.25) is 0 Å². The molecule has 1 rings (SSSR count). The Morgan fingerprint density at radius 1 is 1.45 bits per heavy atom. The summed E-state index contributed by atoms with van der Waals surface area (Å²) < 4.78 is 12.2. The minimum Gasteiger partial charge on any atom is -0.254 e. The van der Waals surface area contributed by atoms with Crippen LogP contribution >= 0.6 is 15.9 Å². The number of hydrogen-bond donors (Lipinski definition) is 0. The van der Waals surface area contributed by atoms with Crippen LogP contribution in [0.4, 0.5) is 0 Å². The Balaban J connectivity index is 3.03. The Hall–Kier alpha value is -0.150. The van der Waals surface area contributed by atoms with Crippen LogP contribution in [0.1, 0.15) is 6.92 Å². The van der Waals surface area contributed by atoms with E-state index in [2.05, 4.69) is 15.9 Å². The second kappa shape index (κ2) is 4.02. The first-order valence-electron chi connectivity index (χ1n) is 3.38. The van der Waals surface area contributed by atoms with Crippen LogP contribution in [0.5, 0.6) is 0 Å². The first-order valence-corrected chi connectivity index (χ1v) is 5.49. The lowest BCUT2D eigenvalue weighted by Gasteiger charge is -2.00. The molecule has 0 N–H and O–H groups in total. The van der Waals surface area contributed by atoms with Crippen LogP contribution in [-0.4, -0.2) is 9.96 Å². The normalized spacial score (nSPS) is 12.9. The Kier molecular flexibility index (Phi) is 3.27. The van der Waals surface area contributed by atoms with Crippen molar-refractivity contribution in [1.29, 1.82) is 0 Å². The van der Waals surface area contributed by atoms with E-state index in [1.165, 1.54) is 0 Å². The minimum absolute atomic E-state index is 0.669. The molecule has 0 aliphatic carbocycles. The van der Waals surface area contributed by atoms with Gasteiger partial charge < -0.3 is 0 Å². The van der Waals surface area contributed by atoms with Gasteiger partial charge in [-0.25, -0.2) is 0 Å². The Labute approximate surface area is 77.4 Å². The molecule has 0 heterocycles. The molecule has 3 heteroatoms. The van der Waals surface area contributed by atoms with Crippen LogP contribution in [0.15, 0.2) is 33.6 Å². The van der Waals surface area contributed by atoms with E-state index in [1.54, 1.807) is 0 Å². The van der Waals surface area contributed by atoms with Crippen LogP contribution in [0, 0.1) is 0 Å². The zero-order valence-electron chi connectivity index (χ0n) is 6.21. The summed E-state index contributed by atoms with van der Waals surface area (Å²) in [6, 6.07) is 7.60. The molecule has 1 aromatic rings. The smallest absolute Gasteiger partial charge is 0.0538 e. The zero-order valence-corrected chi connectivity index (χ0v) is 8.61. The monoisotopic (exact) mass is 232 g/mol. The summed E-state index contributed by atoms with van der Waals surface area (Å²) in [5, 5.41) is 0. The molecule has 0 aromatic heterocycles. The molecular formula is C8H9BrOS. The van der Waals surface area contributed by atoms with Gasteiger partial charge in [-0.3, -0.25) is 4.21 Å². The lowest BCUT2D eigenvalue weighted by Crippen LogP contribution is -1.94. The molecule has 0 saturated carbocycles. The van der Waals surface area contributed by atoms with Gasteiger partial charge in [-0.1, -0.05) is 19.1 Å². The van der Waals surface area contributed by atoms with E-state index in [9.17, 15) is 4.21 Å². The largest absolute Gasteiger partial charge is 0.254 e. The summed E-state index contributed by atoms with van der Waals surface area (Å²) in [6.45, 7) is 1.91. The van der Waals surface area contributed by atoms with Crippen molar-refractivity contribution in [2.45, 2.75) is 11.8 Å². The van der Waals surface area contributed by atoms with Gasteiger partial charge in [-0.05, 0) is 28.1 Å². The van der Waals surface area contributed by atoms with E-state index in [4.69, 9.17) is 0 Å². The fourth-order valence-corrected chi connectivity index (χ4v) is 2.44. The molecule has 60 valence electrons. The predicted molar refractivity (Wildman–Crippen MR) is 51.1 cm³/mol. The Morgan fingerprint density at radius 3 is 2.64 bits per heavy atom. The molecule has 0 aliphatic heterocycles. The van der Waals surface area contributed by atoms with Crippen molar-refractivity contribution in [3.8, 4) is 0 Å². The van der Waals surface area contributed by atoms with Crippen LogP contribution in [0.25, 0.3) is 0 Å². The van der Waals surface area contributed by atoms with Crippen LogP contribution in [0.2, 0.25) is 0 Å². The summed E-state index contributed by atoms with van der Waals surface area (Å²) in [7, 11) is -0.849. The summed E-state index contributed by atoms with van der Waals surface area (Å²) >= 11 is 3.34. The number of halogens is 1. The third kappa shape index (κ3) is 2.14. The minimum atomic E-state index is -0.849. The molecule has 0 spiro atoms. The summed E-state index contributed by atoms with van der Waals surface area (Å²) in [5.74, 6) is 0.669. The quantitative estimate of drug-likeness (QED) is 0.767. The Morgan fingerprint density at radius 2 is 2.09 bits per heavy atom. The van der Waals surface area contributed by atoms with E-state index in [0.29, 0.717) is 5.75 Å². The highest BCUT2D eigenvalue weighted by molar-refractivity contribution is 9.10. The summed E-state index contributed by atoms with van der Waals surface area (Å²) in [6.07, 6.45) is 0. The van der Waals surface area contributed by atoms with Crippen molar-refractivity contribution >= 4 is 26.7 Å². The van der Waals surface area contributed by atoms with Gasteiger partial charge >= 0.3 is 0 Å². The zero-order chi connectivity index (χ0) is 8.27. The third-order valence-corrected chi connectivity index (χ3v) is 3.67. The maximum atomic E-state index is 11.3. The lowest BCUT2D eigenvalue weighted by atomic mass is 10.4. The van der Waals surface area contributed by atoms with Crippen LogP contribution in [-0.2, 0) is 10.8 Å². The SMILES string of the molecule is CCS(=O)c1ccccc1Br. The van der Waals surface area contributed by atoms with E-state index in [1.807, 2.05) is 31.2 Å². The molecule has 1 nitrogen and oxygen atoms in total. The number of hydrogen-bond acceptors (Lipinski definition) is 1. The standard InChI is InChI=1S/C8H9BrOS/c1-2-11(10)8-6-4-3-5-7(8)9/h3-6H,2H2,1H3. The van der Waals surface area contributed by atoms with E-state index < -0.39 is 10.8 Å². The van der Waals surface area contributed by atoms with Gasteiger partial charge in [-0.15, -0.1) is 0 Å². The average molecular weight is 233 g/mol. The van der Waals surface area contributed by atoms with E-state index >= 15 is 0 Å². The van der Waals surface area contributed by atoms with Gasteiger partial charge in [0.05, 0.1) is 15.7 Å². The van der Waals surface area contributed by atoms with E-state index in [0.717, 1.165) is 9.37 Å². The summed E-state index contributed by atoms with van der Waals surface area (Å²) in [4.78, 5) is 0.884. The van der Waals surface area contributed by atoms with Crippen LogP contribution < -0.4 is 0 Å². The second-order valence-electron chi connectivity index (χ2n) is 2.06. The molecule has 0 aliphatic rings. The van der Waals surface area contributed by atoms with Crippen molar-refractivity contribution in [2.24, 2.45) is 0 Å². The lowest BCUT2D eigenvalue weighted by molar-refractivity contribution is 0.683. The molecule has 11 heavy (non-hydrogen) atoms. The maximum absolute atomic E-state index is 11.3. The molecular weight excluding hydrogens is 224 g/mol. The summed E-state index contributed by atoms with van der Waals surface area (Å²) in [5.41, 5.74) is 0. The highest BCUT2D eigenvalue weighted by Gasteiger charge is 2.03. The van der Waals surface area contributed by atoms with Crippen molar-refractivity contribution < 1.29 is 4.21 Å². The van der Waals surface area contributed by atoms with Gasteiger partial charge in [0.15, 0.2) is 0 Å². The van der Waals surface area contributed by atoms with Gasteiger partial charge in [0.25, 0.3) is 0 Å². The van der Waals surface area contributed by atoms with Gasteiger partial charge in [-0.2, -0.15) is 0 Å². The Bertz CT molecular complexity index is 273. The fraction of sp³-hybridized carbons (Fsp3) is 0.250. The molecule has 0 amide bonds. The maximum Gasteiger partial charge on any atom is 0.0538 e. The van der Waals surface area contributed by atoms with Crippen molar-refractivity contribution in [3.05, 3.63) is 28.7 Å². The molecule has 1 aromatic carbocycles. The highest BCUT2D eigenvalue weighted by atomic mass is 79.9. The third-order valence-electron chi connectivity index (χ3n) is 1.34. The first-order chi connectivity index (χ1) is 5.25.